The Morgan fingerprint density at radius 1 is 0.703 bits per heavy atom. The lowest BCUT2D eigenvalue weighted by atomic mass is 9.87. The summed E-state index contributed by atoms with van der Waals surface area (Å²) in [6.45, 7) is 4.06. The van der Waals surface area contributed by atoms with E-state index in [0.717, 1.165) is 94.7 Å². The lowest BCUT2D eigenvalue weighted by Gasteiger charge is -2.46. The smallest absolute Gasteiger partial charge is 0.411 e. The molecule has 1 amide bonds. The molecule has 10 heterocycles. The maximum absolute atomic E-state index is 13.1. The summed E-state index contributed by atoms with van der Waals surface area (Å²) in [6, 6.07) is 30.7. The Balaban J connectivity index is 0.000000142. The average Bonchev–Trinajstić information content (AvgIpc) is 4.15. The number of thiazole rings is 2. The van der Waals surface area contributed by atoms with Gasteiger partial charge in [0.15, 0.2) is 0 Å². The van der Waals surface area contributed by atoms with Gasteiger partial charge in [0.2, 0.25) is 0 Å². The number of amides is 1. The summed E-state index contributed by atoms with van der Waals surface area (Å²) >= 11 is 6.68. The number of anilines is 4. The number of pyridine rings is 2. The van der Waals surface area contributed by atoms with Crippen molar-refractivity contribution < 1.29 is 19.0 Å². The molecular formula is C48H38N8O4S4. The van der Waals surface area contributed by atoms with Crippen molar-refractivity contribution in [2.45, 2.75) is 17.7 Å². The van der Waals surface area contributed by atoms with Crippen molar-refractivity contribution in [1.82, 2.24) is 30.2 Å². The number of benzene rings is 3. The van der Waals surface area contributed by atoms with Crippen LogP contribution in [0.1, 0.15) is 15.3 Å². The highest BCUT2D eigenvalue weighted by atomic mass is 32.1. The van der Waals surface area contributed by atoms with E-state index in [4.69, 9.17) is 14.2 Å². The number of nitrogens with zero attached hydrogens (tertiary/aromatic N) is 5. The second-order valence-electron chi connectivity index (χ2n) is 16.1. The van der Waals surface area contributed by atoms with Gasteiger partial charge in [-0.25, -0.2) is 24.7 Å². The molecule has 3 aromatic carbocycles. The Bertz CT molecular complexity index is 3290. The quantitative estimate of drug-likeness (QED) is 0.134. The molecule has 0 saturated carbocycles. The van der Waals surface area contributed by atoms with E-state index in [9.17, 15) is 4.79 Å². The number of aromatic nitrogens is 4. The van der Waals surface area contributed by atoms with Crippen LogP contribution in [0, 0.1) is 0 Å². The molecule has 2 spiro atoms. The second-order valence-corrected chi connectivity index (χ2v) is 19.9. The molecule has 16 heteroatoms. The number of carbonyl (C=O) groups excluding carboxylic acids is 1. The average molecular weight is 919 g/mol. The summed E-state index contributed by atoms with van der Waals surface area (Å²) < 4.78 is 19.2. The van der Waals surface area contributed by atoms with Crippen molar-refractivity contribution in [2.24, 2.45) is 0 Å². The molecule has 2 fully saturated rings. The van der Waals surface area contributed by atoms with Gasteiger partial charge in [-0.2, -0.15) is 0 Å². The zero-order chi connectivity index (χ0) is 42.7. The largest absolute Gasteiger partial charge is 0.445 e. The Labute approximate surface area is 382 Å². The highest BCUT2D eigenvalue weighted by Crippen LogP contribution is 2.47. The van der Waals surface area contributed by atoms with Crippen LogP contribution < -0.4 is 16.0 Å². The van der Waals surface area contributed by atoms with Crippen molar-refractivity contribution >= 4 is 126 Å². The minimum Gasteiger partial charge on any atom is -0.445 e. The highest BCUT2D eigenvalue weighted by Gasteiger charge is 2.53. The van der Waals surface area contributed by atoms with Crippen molar-refractivity contribution in [2.75, 3.05) is 50.2 Å². The van der Waals surface area contributed by atoms with E-state index in [0.29, 0.717) is 19.8 Å². The number of rotatable bonds is 8. The number of hydrogen-bond donors (Lipinski definition) is 3. The lowest BCUT2D eigenvalue weighted by molar-refractivity contribution is -0.0906. The molecular weight excluding hydrogens is 881 g/mol. The van der Waals surface area contributed by atoms with E-state index < -0.39 is 5.54 Å². The van der Waals surface area contributed by atoms with Crippen LogP contribution in [0.4, 0.5) is 27.5 Å². The maximum Gasteiger partial charge on any atom is 0.411 e. The Morgan fingerprint density at radius 2 is 1.31 bits per heavy atom. The lowest BCUT2D eigenvalue weighted by Crippen LogP contribution is -2.62. The van der Waals surface area contributed by atoms with Gasteiger partial charge in [0.25, 0.3) is 0 Å². The van der Waals surface area contributed by atoms with E-state index in [1.165, 1.54) is 15.2 Å². The molecule has 4 aliphatic heterocycles. The van der Waals surface area contributed by atoms with Crippen LogP contribution in [-0.4, -0.2) is 81.5 Å². The number of hydrogen-bond acceptors (Lipinski definition) is 15. The fourth-order valence-corrected chi connectivity index (χ4v) is 12.4. The van der Waals surface area contributed by atoms with Gasteiger partial charge in [-0.15, -0.1) is 45.3 Å². The standard InChI is InChI=1S/C28H22N4O3S2.C20H16N4OS2/c33-27(35-14-18-4-2-1-3-5-18)32-11-9-21(28(32)15-34-16-28)25-13-20-22(8-10-29-26(20)37-25)31-19-6-7-24-23(12-19)30-17-36-24;1-2-17-16(22-11-26-17)7-12(1)24-15-4-5-21-19-13(15)8-18(27-19)14-3-6-23-20(14)9-25-10-20/h1-10,12-13,17H,11,14-16H2,(H,29,31);1-5,7-8,11,23H,6,9-10H2,(H,21,24). The summed E-state index contributed by atoms with van der Waals surface area (Å²) in [5.74, 6) is 0. The molecule has 2 saturated heterocycles. The molecule has 0 unspecified atom stereocenters. The van der Waals surface area contributed by atoms with Crippen LogP contribution in [0.5, 0.6) is 0 Å². The fraction of sp³-hybridized carbons (Fsp3) is 0.188. The van der Waals surface area contributed by atoms with Crippen molar-refractivity contribution in [3.63, 3.8) is 0 Å². The summed E-state index contributed by atoms with van der Waals surface area (Å²) in [7, 11) is 0. The third kappa shape index (κ3) is 7.02. The molecule has 9 aromatic rings. The summed E-state index contributed by atoms with van der Waals surface area (Å²) in [6.07, 6.45) is 7.79. The third-order valence-corrected chi connectivity index (χ3v) is 16.0. The SMILES string of the molecule is C1=C(c2cc3c(Nc4ccc5scnc5c4)ccnc3s2)C2(COC2)NC1.O=C(OCc1ccccc1)N1CC=C(c2cc3c(Nc4ccc5scnc5c4)ccnc3s2)C12COC2. The van der Waals surface area contributed by atoms with Crippen molar-refractivity contribution in [3.8, 4) is 0 Å². The van der Waals surface area contributed by atoms with Gasteiger partial charge >= 0.3 is 6.09 Å². The third-order valence-electron chi connectivity index (χ3n) is 12.2. The monoisotopic (exact) mass is 918 g/mol. The molecule has 64 heavy (non-hydrogen) atoms. The van der Waals surface area contributed by atoms with Gasteiger partial charge in [-0.1, -0.05) is 42.5 Å². The number of nitrogens with one attached hydrogen (secondary N) is 3. The molecule has 0 aliphatic carbocycles. The predicted octanol–water partition coefficient (Wildman–Crippen LogP) is 10.9. The van der Waals surface area contributed by atoms with Gasteiger partial charge in [0.1, 0.15) is 21.8 Å². The summed E-state index contributed by atoms with van der Waals surface area (Å²) in [5.41, 5.74) is 12.8. The van der Waals surface area contributed by atoms with Gasteiger partial charge in [-0.05, 0) is 77.4 Å². The van der Waals surface area contributed by atoms with Crippen molar-refractivity contribution in [3.05, 3.63) is 142 Å². The number of fused-ring (bicyclic) bond motifs is 4. The zero-order valence-electron chi connectivity index (χ0n) is 34.1. The minimum absolute atomic E-state index is 0.00409. The van der Waals surface area contributed by atoms with Gasteiger partial charge in [0, 0.05) is 57.4 Å². The number of thiophene rings is 2. The molecule has 13 rings (SSSR count). The molecule has 0 atom stereocenters. The number of ether oxygens (including phenoxy) is 3. The van der Waals surface area contributed by atoms with Crippen LogP contribution in [0.15, 0.2) is 127 Å². The first-order valence-electron chi connectivity index (χ1n) is 20.8. The Morgan fingerprint density at radius 3 is 1.89 bits per heavy atom. The van der Waals surface area contributed by atoms with E-state index in [1.807, 2.05) is 65.9 Å². The van der Waals surface area contributed by atoms with Gasteiger partial charge in [-0.3, -0.25) is 4.90 Å². The first-order valence-corrected chi connectivity index (χ1v) is 24.2. The van der Waals surface area contributed by atoms with Gasteiger partial charge in [0.05, 0.1) is 74.8 Å². The summed E-state index contributed by atoms with van der Waals surface area (Å²) in [5, 5.41) is 12.9. The topological polar surface area (TPSA) is 136 Å². The molecule has 3 N–H and O–H groups in total. The predicted molar refractivity (Wildman–Crippen MR) is 259 cm³/mol. The molecule has 0 radical (unpaired) electrons. The molecule has 6 aromatic heterocycles. The fourth-order valence-electron chi connectivity index (χ4n) is 8.76. The van der Waals surface area contributed by atoms with Gasteiger partial charge < -0.3 is 30.2 Å². The minimum atomic E-state index is -0.502. The molecule has 318 valence electrons. The Hall–Kier alpha value is -6.11. The first-order chi connectivity index (χ1) is 31.5. The van der Waals surface area contributed by atoms with Crippen LogP contribution in [0.25, 0.3) is 52.0 Å². The zero-order valence-corrected chi connectivity index (χ0v) is 37.3. The maximum atomic E-state index is 13.1. The highest BCUT2D eigenvalue weighted by molar-refractivity contribution is 7.20. The molecule has 0 bridgehead atoms. The second kappa shape index (κ2) is 16.2. The van der Waals surface area contributed by atoms with Crippen LogP contribution in [0.3, 0.4) is 0 Å². The van der Waals surface area contributed by atoms with Crippen LogP contribution in [0.2, 0.25) is 0 Å². The van der Waals surface area contributed by atoms with Crippen LogP contribution in [-0.2, 0) is 20.8 Å². The van der Waals surface area contributed by atoms with Crippen LogP contribution >= 0.6 is 45.3 Å². The molecule has 12 nitrogen and oxygen atoms in total. The van der Waals surface area contributed by atoms with E-state index in [-0.39, 0.29) is 18.2 Å². The summed E-state index contributed by atoms with van der Waals surface area (Å²) in [4.78, 5) is 37.3. The Kier molecular flexibility index (Phi) is 9.96. The normalized spacial score (nSPS) is 17.0. The first kappa shape index (κ1) is 39.5. The van der Waals surface area contributed by atoms with Crippen molar-refractivity contribution in [1.29, 1.82) is 0 Å². The van der Waals surface area contributed by atoms with E-state index in [1.54, 1.807) is 50.2 Å². The number of carbonyl (C=O) groups is 1. The van der Waals surface area contributed by atoms with E-state index in [2.05, 4.69) is 96.6 Å². The van der Waals surface area contributed by atoms with E-state index >= 15 is 0 Å². The molecule has 4 aliphatic rings.